The topological polar surface area (TPSA) is 66.4 Å². The van der Waals surface area contributed by atoms with Gasteiger partial charge in [0.05, 0.1) is 22.3 Å². The number of carbonyl (C=O) groups is 2. The Bertz CT molecular complexity index is 1270. The van der Waals surface area contributed by atoms with Crippen molar-refractivity contribution in [2.45, 2.75) is 25.7 Å². The van der Waals surface area contributed by atoms with Crippen molar-refractivity contribution in [2.24, 2.45) is 0 Å². The zero-order valence-corrected chi connectivity index (χ0v) is 20.0. The third-order valence-corrected chi connectivity index (χ3v) is 5.97. The highest BCUT2D eigenvalue weighted by Crippen LogP contribution is 2.37. The fourth-order valence-electron chi connectivity index (χ4n) is 3.45. The van der Waals surface area contributed by atoms with Gasteiger partial charge in [-0.1, -0.05) is 18.2 Å². The molecule has 0 saturated carbocycles. The second kappa shape index (κ2) is 9.88. The lowest BCUT2D eigenvalue weighted by atomic mass is 9.98. The lowest BCUT2D eigenvalue weighted by Gasteiger charge is -2.15. The molecule has 0 saturated heterocycles. The molecule has 35 heavy (non-hydrogen) atoms. The van der Waals surface area contributed by atoms with E-state index in [-0.39, 0.29) is 29.2 Å². The maximum Gasteiger partial charge on any atom is 0.416 e. The van der Waals surface area contributed by atoms with E-state index in [0.717, 1.165) is 0 Å². The molecule has 4 nitrogen and oxygen atoms in total. The Hall–Kier alpha value is -3.09. The van der Waals surface area contributed by atoms with E-state index in [1.54, 1.807) is 35.6 Å². The molecule has 0 aliphatic heterocycles. The minimum absolute atomic E-state index is 0.0588. The number of carboxylic acids is 1. The fraction of sp³-hybridized carbons (Fsp3) is 0.167. The van der Waals surface area contributed by atoms with Crippen LogP contribution in [-0.2, 0) is 18.8 Å². The van der Waals surface area contributed by atoms with Gasteiger partial charge in [0.25, 0.3) is 5.91 Å². The molecule has 0 atom stereocenters. The van der Waals surface area contributed by atoms with Crippen LogP contribution in [0.1, 0.15) is 48.5 Å². The van der Waals surface area contributed by atoms with Gasteiger partial charge in [-0.05, 0) is 89.0 Å². The number of amides is 1. The van der Waals surface area contributed by atoms with Crippen molar-refractivity contribution in [2.75, 3.05) is 5.32 Å². The van der Waals surface area contributed by atoms with Gasteiger partial charge in [0.2, 0.25) is 0 Å². The first kappa shape index (κ1) is 26.5. The Morgan fingerprint density at radius 1 is 0.886 bits per heavy atom. The first-order chi connectivity index (χ1) is 16.2. The van der Waals surface area contributed by atoms with Crippen LogP contribution in [0.4, 0.5) is 32.0 Å². The van der Waals surface area contributed by atoms with E-state index in [1.165, 1.54) is 30.3 Å². The average Bonchev–Trinajstić information content (AvgIpc) is 2.73. The number of aromatic carboxylic acids is 1. The van der Waals surface area contributed by atoms with Crippen LogP contribution in [0.25, 0.3) is 0 Å². The molecule has 184 valence electrons. The largest absolute Gasteiger partial charge is 0.478 e. The summed E-state index contributed by atoms with van der Waals surface area (Å²) in [5.74, 6) is -1.95. The maximum atomic E-state index is 13.1. The lowest BCUT2D eigenvalue weighted by Crippen LogP contribution is -2.18. The number of carboxylic acid groups (broad SMARTS) is 1. The van der Waals surface area contributed by atoms with E-state index < -0.39 is 35.4 Å². The number of rotatable bonds is 5. The van der Waals surface area contributed by atoms with Gasteiger partial charge in [0.1, 0.15) is 0 Å². The van der Waals surface area contributed by atoms with Crippen LogP contribution in [0.2, 0.25) is 0 Å². The highest BCUT2D eigenvalue weighted by Gasteiger charge is 2.36. The van der Waals surface area contributed by atoms with Gasteiger partial charge in [-0.15, -0.1) is 0 Å². The van der Waals surface area contributed by atoms with E-state index >= 15 is 0 Å². The Labute approximate surface area is 209 Å². The van der Waals surface area contributed by atoms with E-state index in [4.69, 9.17) is 0 Å². The Balaban J connectivity index is 1.88. The molecular formula is C24H16F6INO3. The van der Waals surface area contributed by atoms with Crippen LogP contribution in [0, 0.1) is 10.5 Å². The zero-order chi connectivity index (χ0) is 26.1. The van der Waals surface area contributed by atoms with Gasteiger partial charge < -0.3 is 10.4 Å². The first-order valence-corrected chi connectivity index (χ1v) is 11.0. The van der Waals surface area contributed by atoms with Crippen LogP contribution in [0.3, 0.4) is 0 Å². The molecule has 2 N–H and O–H groups in total. The Kier molecular flexibility index (Phi) is 7.48. The fourth-order valence-corrected chi connectivity index (χ4v) is 4.18. The minimum atomic E-state index is -4.94. The van der Waals surface area contributed by atoms with E-state index in [0.29, 0.717) is 32.5 Å². The summed E-state index contributed by atoms with van der Waals surface area (Å²) in [7, 11) is 0. The summed E-state index contributed by atoms with van der Waals surface area (Å²) in [4.78, 5) is 24.2. The zero-order valence-electron chi connectivity index (χ0n) is 17.8. The summed E-state index contributed by atoms with van der Waals surface area (Å²) < 4.78 is 79.0. The molecule has 0 aliphatic carbocycles. The van der Waals surface area contributed by atoms with Crippen LogP contribution < -0.4 is 5.32 Å². The van der Waals surface area contributed by atoms with Crippen molar-refractivity contribution in [3.8, 4) is 0 Å². The van der Waals surface area contributed by atoms with E-state index in [1.807, 2.05) is 0 Å². The van der Waals surface area contributed by atoms with Crippen LogP contribution in [-0.4, -0.2) is 17.0 Å². The number of benzene rings is 3. The monoisotopic (exact) mass is 607 g/mol. The number of hydrogen-bond acceptors (Lipinski definition) is 2. The molecule has 0 radical (unpaired) electrons. The number of hydrogen-bond donors (Lipinski definition) is 2. The standard InChI is InChI=1S/C24H16F6INO3/c1-12-7-13(8-14-9-15(23(25,26)27)11-16(10-14)24(28,29)30)5-6-19(12)32-21(33)17-3-2-4-18(31)20(17)22(34)35/h2-7,9-11H,8H2,1H3,(H,32,33)(H,34,35). The second-order valence-electron chi connectivity index (χ2n) is 7.66. The third-order valence-electron chi connectivity index (χ3n) is 5.07. The molecule has 0 aromatic heterocycles. The molecule has 11 heteroatoms. The van der Waals surface area contributed by atoms with Crippen LogP contribution in [0.15, 0.2) is 54.6 Å². The van der Waals surface area contributed by atoms with Crippen molar-refractivity contribution in [3.63, 3.8) is 0 Å². The van der Waals surface area contributed by atoms with Crippen molar-refractivity contribution in [1.29, 1.82) is 0 Å². The van der Waals surface area contributed by atoms with Gasteiger partial charge >= 0.3 is 18.3 Å². The van der Waals surface area contributed by atoms with Gasteiger partial charge in [0.15, 0.2) is 0 Å². The van der Waals surface area contributed by atoms with Crippen molar-refractivity contribution >= 4 is 40.2 Å². The molecule has 0 fully saturated rings. The summed E-state index contributed by atoms with van der Waals surface area (Å²) >= 11 is 1.80. The quantitative estimate of drug-likeness (QED) is 0.239. The molecule has 1 amide bonds. The second-order valence-corrected chi connectivity index (χ2v) is 8.82. The number of anilines is 1. The molecule has 0 bridgehead atoms. The van der Waals surface area contributed by atoms with Gasteiger partial charge in [0, 0.05) is 9.26 Å². The lowest BCUT2D eigenvalue weighted by molar-refractivity contribution is -0.143. The number of alkyl halides is 6. The summed E-state index contributed by atoms with van der Waals surface area (Å²) in [6, 6.07) is 10.3. The van der Waals surface area contributed by atoms with E-state index in [2.05, 4.69) is 5.32 Å². The van der Waals surface area contributed by atoms with Gasteiger partial charge in [-0.3, -0.25) is 4.79 Å². The van der Waals surface area contributed by atoms with Gasteiger partial charge in [-0.2, -0.15) is 26.3 Å². The molecule has 0 heterocycles. The minimum Gasteiger partial charge on any atom is -0.478 e. The molecule has 3 rings (SSSR count). The number of carbonyl (C=O) groups excluding carboxylic acids is 1. The molecular weight excluding hydrogens is 591 g/mol. The maximum absolute atomic E-state index is 13.1. The predicted molar refractivity (Wildman–Crippen MR) is 125 cm³/mol. The van der Waals surface area contributed by atoms with Crippen molar-refractivity contribution in [3.05, 3.63) is 97.1 Å². The smallest absolute Gasteiger partial charge is 0.416 e. The Morgan fingerprint density at radius 3 is 2.00 bits per heavy atom. The molecule has 3 aromatic carbocycles. The highest BCUT2D eigenvalue weighted by molar-refractivity contribution is 14.1. The number of aryl methyl sites for hydroxylation is 1. The summed E-state index contributed by atoms with van der Waals surface area (Å²) in [5.41, 5.74) is -1.96. The van der Waals surface area contributed by atoms with Crippen LogP contribution >= 0.6 is 22.6 Å². The molecule has 0 aliphatic rings. The highest BCUT2D eigenvalue weighted by atomic mass is 127. The van der Waals surface area contributed by atoms with Crippen LogP contribution in [0.5, 0.6) is 0 Å². The normalized spacial score (nSPS) is 11.9. The predicted octanol–water partition coefficient (Wildman–Crippen LogP) is 7.18. The summed E-state index contributed by atoms with van der Waals surface area (Å²) in [5, 5.41) is 12.0. The molecule has 0 unspecified atom stereocenters. The third kappa shape index (κ3) is 6.32. The first-order valence-electron chi connectivity index (χ1n) is 9.88. The SMILES string of the molecule is Cc1cc(Cc2cc(C(F)(F)F)cc(C(F)(F)F)c2)ccc1NC(=O)c1cccc(I)c1C(=O)O. The summed E-state index contributed by atoms with van der Waals surface area (Å²) in [6.07, 6.45) is -10.1. The number of nitrogens with one attached hydrogen (secondary N) is 1. The number of halogens is 7. The van der Waals surface area contributed by atoms with Crippen molar-refractivity contribution < 1.29 is 41.0 Å². The van der Waals surface area contributed by atoms with Crippen molar-refractivity contribution in [1.82, 2.24) is 0 Å². The molecule has 0 spiro atoms. The van der Waals surface area contributed by atoms with Gasteiger partial charge in [-0.25, -0.2) is 4.79 Å². The molecule has 3 aromatic rings. The van der Waals surface area contributed by atoms with E-state index in [9.17, 15) is 41.0 Å². The average molecular weight is 607 g/mol. The Morgan fingerprint density at radius 2 is 1.49 bits per heavy atom. The summed E-state index contributed by atoms with van der Waals surface area (Å²) in [6.45, 7) is 1.60.